The lowest BCUT2D eigenvalue weighted by molar-refractivity contribution is -0.150. The van der Waals surface area contributed by atoms with Crippen LogP contribution >= 0.6 is 0 Å². The molecule has 0 aromatic heterocycles. The van der Waals surface area contributed by atoms with Crippen LogP contribution in [0.5, 0.6) is 0 Å². The zero-order chi connectivity index (χ0) is 14.8. The molecule has 0 bridgehead atoms. The standard InChI is InChI=1S/C16H30N2O2/c1-5-15(6-2)9-10-18(11-15)12-16(17-3,13-7-8-13)14(19)20-4/h13,17H,5-12H2,1-4H3. The molecule has 0 spiro atoms. The van der Waals surface area contributed by atoms with Crippen molar-refractivity contribution in [1.82, 2.24) is 10.2 Å². The van der Waals surface area contributed by atoms with Gasteiger partial charge in [0.2, 0.25) is 0 Å². The number of hydrogen-bond acceptors (Lipinski definition) is 4. The van der Waals surface area contributed by atoms with Gasteiger partial charge < -0.3 is 15.0 Å². The van der Waals surface area contributed by atoms with Gasteiger partial charge in [-0.1, -0.05) is 13.8 Å². The number of rotatable bonds is 7. The van der Waals surface area contributed by atoms with Crippen LogP contribution < -0.4 is 5.32 Å². The second-order valence-corrected chi connectivity index (χ2v) is 6.65. The lowest BCUT2D eigenvalue weighted by atomic mass is 9.82. The van der Waals surface area contributed by atoms with Crippen LogP contribution in [-0.4, -0.2) is 50.2 Å². The van der Waals surface area contributed by atoms with E-state index in [9.17, 15) is 4.79 Å². The Bertz CT molecular complexity index is 350. The minimum Gasteiger partial charge on any atom is -0.468 e. The highest BCUT2D eigenvalue weighted by molar-refractivity contribution is 5.82. The maximum absolute atomic E-state index is 12.3. The number of likely N-dealkylation sites (tertiary alicyclic amines) is 1. The third-order valence-electron chi connectivity index (χ3n) is 5.76. The summed E-state index contributed by atoms with van der Waals surface area (Å²) in [5, 5.41) is 3.30. The lowest BCUT2D eigenvalue weighted by Crippen LogP contribution is -2.59. The van der Waals surface area contributed by atoms with E-state index in [-0.39, 0.29) is 5.97 Å². The maximum atomic E-state index is 12.3. The number of esters is 1. The molecule has 1 atom stereocenters. The Morgan fingerprint density at radius 1 is 1.40 bits per heavy atom. The SMILES string of the molecule is CCC1(CC)CCN(CC(NC)(C(=O)OC)C2CC2)C1. The van der Waals surface area contributed by atoms with Crippen LogP contribution in [0.2, 0.25) is 0 Å². The molecule has 0 aromatic rings. The molecule has 1 saturated heterocycles. The Morgan fingerprint density at radius 3 is 2.45 bits per heavy atom. The van der Waals surface area contributed by atoms with Gasteiger partial charge in [-0.2, -0.15) is 0 Å². The van der Waals surface area contributed by atoms with Gasteiger partial charge in [0, 0.05) is 13.1 Å². The fourth-order valence-electron chi connectivity index (χ4n) is 3.85. The van der Waals surface area contributed by atoms with E-state index in [2.05, 4.69) is 24.1 Å². The van der Waals surface area contributed by atoms with E-state index in [0.717, 1.165) is 32.5 Å². The molecule has 1 heterocycles. The van der Waals surface area contributed by atoms with Crippen molar-refractivity contribution < 1.29 is 9.53 Å². The molecule has 0 radical (unpaired) electrons. The van der Waals surface area contributed by atoms with Crippen molar-refractivity contribution in [2.24, 2.45) is 11.3 Å². The predicted octanol–water partition coefficient (Wildman–Crippen LogP) is 2.04. The molecule has 116 valence electrons. The van der Waals surface area contributed by atoms with Crippen LogP contribution in [0.15, 0.2) is 0 Å². The van der Waals surface area contributed by atoms with Crippen molar-refractivity contribution >= 4 is 5.97 Å². The van der Waals surface area contributed by atoms with E-state index in [1.54, 1.807) is 0 Å². The highest BCUT2D eigenvalue weighted by atomic mass is 16.5. The monoisotopic (exact) mass is 282 g/mol. The number of carbonyl (C=O) groups excluding carboxylic acids is 1. The van der Waals surface area contributed by atoms with Gasteiger partial charge in [0.15, 0.2) is 0 Å². The van der Waals surface area contributed by atoms with E-state index >= 15 is 0 Å². The first-order chi connectivity index (χ1) is 9.55. The molecule has 2 rings (SSSR count). The first kappa shape index (κ1) is 15.8. The topological polar surface area (TPSA) is 41.6 Å². The summed E-state index contributed by atoms with van der Waals surface area (Å²) in [6.45, 7) is 7.60. The van der Waals surface area contributed by atoms with E-state index in [1.807, 2.05) is 7.05 Å². The van der Waals surface area contributed by atoms with Crippen molar-refractivity contribution in [2.45, 2.75) is 51.5 Å². The number of hydrogen-bond donors (Lipinski definition) is 1. The van der Waals surface area contributed by atoms with Gasteiger partial charge in [-0.25, -0.2) is 4.79 Å². The largest absolute Gasteiger partial charge is 0.468 e. The zero-order valence-electron chi connectivity index (χ0n) is 13.5. The van der Waals surface area contributed by atoms with Crippen molar-refractivity contribution in [3.05, 3.63) is 0 Å². The fourth-order valence-corrected chi connectivity index (χ4v) is 3.85. The van der Waals surface area contributed by atoms with Crippen LogP contribution in [0.3, 0.4) is 0 Å². The van der Waals surface area contributed by atoms with Crippen molar-refractivity contribution in [2.75, 3.05) is 33.8 Å². The highest BCUT2D eigenvalue weighted by Gasteiger charge is 2.52. The summed E-state index contributed by atoms with van der Waals surface area (Å²) >= 11 is 0. The lowest BCUT2D eigenvalue weighted by Gasteiger charge is -2.35. The number of likely N-dealkylation sites (N-methyl/N-ethyl adjacent to an activating group) is 1. The Labute approximate surface area is 123 Å². The summed E-state index contributed by atoms with van der Waals surface area (Å²) in [5.74, 6) is 0.353. The van der Waals surface area contributed by atoms with Gasteiger partial charge in [0.1, 0.15) is 5.54 Å². The van der Waals surface area contributed by atoms with Crippen LogP contribution in [-0.2, 0) is 9.53 Å². The van der Waals surface area contributed by atoms with Crippen LogP contribution in [0, 0.1) is 11.3 Å². The summed E-state index contributed by atoms with van der Waals surface area (Å²) in [6.07, 6.45) is 5.99. The van der Waals surface area contributed by atoms with Gasteiger partial charge in [-0.15, -0.1) is 0 Å². The summed E-state index contributed by atoms with van der Waals surface area (Å²) in [4.78, 5) is 14.8. The number of methoxy groups -OCH3 is 1. The molecule has 20 heavy (non-hydrogen) atoms. The fraction of sp³-hybridized carbons (Fsp3) is 0.938. The summed E-state index contributed by atoms with van der Waals surface area (Å²) in [5.41, 5.74) is -0.0362. The molecule has 1 aliphatic heterocycles. The van der Waals surface area contributed by atoms with E-state index in [1.165, 1.54) is 26.4 Å². The van der Waals surface area contributed by atoms with Crippen LogP contribution in [0.4, 0.5) is 0 Å². The van der Waals surface area contributed by atoms with Gasteiger partial charge in [0.05, 0.1) is 7.11 Å². The summed E-state index contributed by atoms with van der Waals surface area (Å²) in [7, 11) is 3.40. The van der Waals surface area contributed by atoms with E-state index in [0.29, 0.717) is 11.3 Å². The molecular weight excluding hydrogens is 252 g/mol. The van der Waals surface area contributed by atoms with Crippen molar-refractivity contribution in [1.29, 1.82) is 0 Å². The Kier molecular flexibility index (Phi) is 4.75. The van der Waals surface area contributed by atoms with Crippen LogP contribution in [0.1, 0.15) is 46.0 Å². The molecule has 2 fully saturated rings. The number of carbonyl (C=O) groups is 1. The first-order valence-electron chi connectivity index (χ1n) is 8.05. The Hall–Kier alpha value is -0.610. The molecule has 0 amide bonds. The van der Waals surface area contributed by atoms with E-state index < -0.39 is 5.54 Å². The molecule has 2 aliphatic rings. The number of nitrogens with zero attached hydrogens (tertiary/aromatic N) is 1. The predicted molar refractivity (Wildman–Crippen MR) is 80.6 cm³/mol. The molecule has 1 unspecified atom stereocenters. The Balaban J connectivity index is 2.08. The van der Waals surface area contributed by atoms with Crippen LogP contribution in [0.25, 0.3) is 0 Å². The molecule has 4 nitrogen and oxygen atoms in total. The first-order valence-corrected chi connectivity index (χ1v) is 8.05. The molecule has 1 aliphatic carbocycles. The molecular formula is C16H30N2O2. The van der Waals surface area contributed by atoms with Gasteiger partial charge >= 0.3 is 5.97 Å². The second kappa shape index (κ2) is 6.02. The third kappa shape index (κ3) is 2.73. The molecule has 4 heteroatoms. The summed E-state index contributed by atoms with van der Waals surface area (Å²) < 4.78 is 5.09. The van der Waals surface area contributed by atoms with Crippen molar-refractivity contribution in [3.63, 3.8) is 0 Å². The second-order valence-electron chi connectivity index (χ2n) is 6.65. The number of nitrogens with one attached hydrogen (secondary N) is 1. The third-order valence-corrected chi connectivity index (χ3v) is 5.76. The average molecular weight is 282 g/mol. The number of ether oxygens (including phenoxy) is 1. The van der Waals surface area contributed by atoms with Gasteiger partial charge in [-0.3, -0.25) is 0 Å². The maximum Gasteiger partial charge on any atom is 0.327 e. The van der Waals surface area contributed by atoms with Gasteiger partial charge in [0.25, 0.3) is 0 Å². The smallest absolute Gasteiger partial charge is 0.327 e. The molecule has 1 N–H and O–H groups in total. The normalized spacial score (nSPS) is 25.4. The average Bonchev–Trinajstić information content (AvgIpc) is 3.26. The molecule has 1 saturated carbocycles. The minimum absolute atomic E-state index is 0.0898. The quantitative estimate of drug-likeness (QED) is 0.726. The zero-order valence-corrected chi connectivity index (χ0v) is 13.5. The molecule has 0 aromatic carbocycles. The minimum atomic E-state index is -0.494. The van der Waals surface area contributed by atoms with E-state index in [4.69, 9.17) is 4.74 Å². The highest BCUT2D eigenvalue weighted by Crippen LogP contribution is 2.43. The van der Waals surface area contributed by atoms with Gasteiger partial charge in [-0.05, 0) is 57.0 Å². The summed E-state index contributed by atoms with van der Waals surface area (Å²) in [6, 6.07) is 0. The Morgan fingerprint density at radius 2 is 2.05 bits per heavy atom. The van der Waals surface area contributed by atoms with Crippen molar-refractivity contribution in [3.8, 4) is 0 Å².